The smallest absolute Gasteiger partial charge is 0.268 e. The zero-order valence-corrected chi connectivity index (χ0v) is 20.0. The number of nitrogens with zero attached hydrogens (tertiary/aromatic N) is 2. The van der Waals surface area contributed by atoms with Crippen LogP contribution in [0.3, 0.4) is 0 Å². The predicted molar refractivity (Wildman–Crippen MR) is 120 cm³/mol. The van der Waals surface area contributed by atoms with Crippen molar-refractivity contribution in [1.82, 2.24) is 8.87 Å². The van der Waals surface area contributed by atoms with Crippen LogP contribution < -0.4 is 0 Å². The first-order valence-corrected chi connectivity index (χ1v) is 12.3. The number of benzene rings is 2. The lowest BCUT2D eigenvalue weighted by atomic mass is 10.2. The second kappa shape index (κ2) is 8.29. The number of hydrogen-bond acceptors (Lipinski definition) is 4. The Morgan fingerprint density at radius 3 is 2.30 bits per heavy atom. The lowest BCUT2D eigenvalue weighted by molar-refractivity contribution is 0.437. The van der Waals surface area contributed by atoms with Crippen LogP contribution in [0.25, 0.3) is 10.9 Å². The Kier molecular flexibility index (Phi) is 6.42. The topological polar surface area (TPSA) is 42.3 Å². The standard InChI is InChI=1S/C19H20Br2N2O2S2/c1-13-19(26-11-10-22(2)3)17-12-15(21)6-9-18(17)23(13)27(24,25)16-7-4-14(20)5-8-16/h4-9,12H,10-11H2,1-3H3. The Morgan fingerprint density at radius 2 is 1.67 bits per heavy atom. The molecule has 8 heteroatoms. The van der Waals surface area contributed by atoms with Gasteiger partial charge in [0.25, 0.3) is 10.0 Å². The average Bonchev–Trinajstić information content (AvgIpc) is 2.87. The van der Waals surface area contributed by atoms with Crippen molar-refractivity contribution in [3.05, 3.63) is 57.1 Å². The van der Waals surface area contributed by atoms with Crippen LogP contribution in [0.4, 0.5) is 0 Å². The second-order valence-corrected chi connectivity index (χ2v) is 11.2. The Labute approximate surface area is 181 Å². The molecule has 0 radical (unpaired) electrons. The fourth-order valence-electron chi connectivity index (χ4n) is 2.87. The fourth-order valence-corrected chi connectivity index (χ4v) is 6.39. The molecule has 0 amide bonds. The highest BCUT2D eigenvalue weighted by Crippen LogP contribution is 2.37. The van der Waals surface area contributed by atoms with Gasteiger partial charge in [0.05, 0.1) is 10.4 Å². The highest BCUT2D eigenvalue weighted by atomic mass is 79.9. The maximum Gasteiger partial charge on any atom is 0.268 e. The van der Waals surface area contributed by atoms with Crippen LogP contribution in [0.2, 0.25) is 0 Å². The first-order valence-electron chi connectivity index (χ1n) is 8.31. The Hall–Kier alpha value is -0.800. The third-order valence-corrected chi connectivity index (χ3v) is 8.22. The zero-order valence-electron chi connectivity index (χ0n) is 15.2. The van der Waals surface area contributed by atoms with Crippen LogP contribution in [0.15, 0.2) is 61.2 Å². The molecule has 27 heavy (non-hydrogen) atoms. The van der Waals surface area contributed by atoms with Crippen molar-refractivity contribution in [3.63, 3.8) is 0 Å². The van der Waals surface area contributed by atoms with Gasteiger partial charge in [-0.05, 0) is 63.5 Å². The lowest BCUT2D eigenvalue weighted by Gasteiger charge is -2.11. The SMILES string of the molecule is Cc1c(SCCN(C)C)c2cc(Br)ccc2n1S(=O)(=O)c1ccc(Br)cc1. The van der Waals surface area contributed by atoms with Crippen LogP contribution in [-0.2, 0) is 10.0 Å². The molecule has 2 aromatic carbocycles. The Balaban J connectivity index is 2.18. The number of thioether (sulfide) groups is 1. The molecule has 144 valence electrons. The molecule has 0 bridgehead atoms. The van der Waals surface area contributed by atoms with E-state index < -0.39 is 10.0 Å². The Bertz CT molecular complexity index is 1080. The average molecular weight is 532 g/mol. The van der Waals surface area contributed by atoms with Gasteiger partial charge in [0, 0.05) is 37.2 Å². The largest absolute Gasteiger partial charge is 0.309 e. The maximum atomic E-state index is 13.4. The van der Waals surface area contributed by atoms with Crippen LogP contribution >= 0.6 is 43.6 Å². The van der Waals surface area contributed by atoms with Crippen LogP contribution in [0.5, 0.6) is 0 Å². The molecular formula is C19H20Br2N2O2S2. The third kappa shape index (κ3) is 4.29. The molecule has 0 fully saturated rings. The van der Waals surface area contributed by atoms with E-state index in [2.05, 4.69) is 36.8 Å². The molecule has 3 aromatic rings. The van der Waals surface area contributed by atoms with Crippen LogP contribution in [0.1, 0.15) is 5.69 Å². The molecule has 0 aliphatic rings. The monoisotopic (exact) mass is 530 g/mol. The summed E-state index contributed by atoms with van der Waals surface area (Å²) in [5.74, 6) is 0.887. The summed E-state index contributed by atoms with van der Waals surface area (Å²) < 4.78 is 30.0. The molecule has 1 heterocycles. The van der Waals surface area contributed by atoms with Crippen molar-refractivity contribution in [2.75, 3.05) is 26.4 Å². The van der Waals surface area contributed by atoms with E-state index in [0.717, 1.165) is 37.2 Å². The minimum atomic E-state index is -3.69. The fraction of sp³-hybridized carbons (Fsp3) is 0.263. The van der Waals surface area contributed by atoms with Gasteiger partial charge in [-0.3, -0.25) is 0 Å². The van der Waals surface area contributed by atoms with Crippen molar-refractivity contribution in [2.24, 2.45) is 0 Å². The van der Waals surface area contributed by atoms with E-state index in [0.29, 0.717) is 5.52 Å². The van der Waals surface area contributed by atoms with Crippen molar-refractivity contribution in [1.29, 1.82) is 0 Å². The first kappa shape index (κ1) is 20.9. The number of hydrogen-bond donors (Lipinski definition) is 0. The van der Waals surface area contributed by atoms with Gasteiger partial charge in [0.2, 0.25) is 0 Å². The molecule has 0 spiro atoms. The summed E-state index contributed by atoms with van der Waals surface area (Å²) in [5, 5.41) is 0.950. The Morgan fingerprint density at radius 1 is 1.04 bits per heavy atom. The van der Waals surface area contributed by atoms with E-state index >= 15 is 0 Å². The summed E-state index contributed by atoms with van der Waals surface area (Å²) in [6, 6.07) is 12.5. The second-order valence-electron chi connectivity index (χ2n) is 6.45. The molecule has 0 unspecified atom stereocenters. The summed E-state index contributed by atoms with van der Waals surface area (Å²) in [6.07, 6.45) is 0. The normalized spacial score (nSPS) is 12.2. The van der Waals surface area contributed by atoms with E-state index in [4.69, 9.17) is 0 Å². The van der Waals surface area contributed by atoms with Gasteiger partial charge in [-0.15, -0.1) is 11.8 Å². The lowest BCUT2D eigenvalue weighted by Crippen LogP contribution is -2.15. The minimum absolute atomic E-state index is 0.276. The molecular weight excluding hydrogens is 512 g/mol. The molecule has 3 rings (SSSR count). The van der Waals surface area contributed by atoms with Gasteiger partial charge in [0.1, 0.15) is 0 Å². The first-order chi connectivity index (χ1) is 12.7. The zero-order chi connectivity index (χ0) is 19.8. The van der Waals surface area contributed by atoms with Gasteiger partial charge in [-0.25, -0.2) is 12.4 Å². The quantitative estimate of drug-likeness (QED) is 0.401. The molecule has 0 saturated carbocycles. The third-order valence-electron chi connectivity index (χ3n) is 4.19. The van der Waals surface area contributed by atoms with E-state index in [9.17, 15) is 8.42 Å². The summed E-state index contributed by atoms with van der Waals surface area (Å²) in [6.45, 7) is 2.80. The minimum Gasteiger partial charge on any atom is -0.309 e. The van der Waals surface area contributed by atoms with E-state index in [-0.39, 0.29) is 4.90 Å². The molecule has 0 saturated heterocycles. The van der Waals surface area contributed by atoms with E-state index in [1.165, 1.54) is 3.97 Å². The van der Waals surface area contributed by atoms with Crippen molar-refractivity contribution >= 4 is 64.5 Å². The molecule has 4 nitrogen and oxygen atoms in total. The van der Waals surface area contributed by atoms with Gasteiger partial charge in [-0.2, -0.15) is 0 Å². The summed E-state index contributed by atoms with van der Waals surface area (Å²) in [7, 11) is 0.376. The predicted octanol–water partition coefficient (Wildman–Crippen LogP) is 5.37. The summed E-state index contributed by atoms with van der Waals surface area (Å²) in [4.78, 5) is 3.41. The number of rotatable bonds is 6. The van der Waals surface area contributed by atoms with Crippen molar-refractivity contribution < 1.29 is 8.42 Å². The molecule has 1 aromatic heterocycles. The van der Waals surface area contributed by atoms with Gasteiger partial charge >= 0.3 is 0 Å². The highest BCUT2D eigenvalue weighted by molar-refractivity contribution is 9.10. The van der Waals surface area contributed by atoms with Gasteiger partial charge in [-0.1, -0.05) is 31.9 Å². The van der Waals surface area contributed by atoms with Crippen molar-refractivity contribution in [2.45, 2.75) is 16.7 Å². The van der Waals surface area contributed by atoms with Gasteiger partial charge < -0.3 is 4.90 Å². The van der Waals surface area contributed by atoms with E-state index in [1.807, 2.05) is 39.2 Å². The molecule has 0 aliphatic carbocycles. The van der Waals surface area contributed by atoms with Crippen LogP contribution in [0, 0.1) is 6.92 Å². The molecule has 0 aliphatic heterocycles. The van der Waals surface area contributed by atoms with Crippen LogP contribution in [-0.4, -0.2) is 43.7 Å². The highest BCUT2D eigenvalue weighted by Gasteiger charge is 2.25. The van der Waals surface area contributed by atoms with Gasteiger partial charge in [0.15, 0.2) is 0 Å². The number of halogens is 2. The number of fused-ring (bicyclic) bond motifs is 1. The summed E-state index contributed by atoms with van der Waals surface area (Å²) in [5.41, 5.74) is 1.45. The molecule has 0 N–H and O–H groups in total. The molecule has 0 atom stereocenters. The summed E-state index contributed by atoms with van der Waals surface area (Å²) >= 11 is 8.57. The maximum absolute atomic E-state index is 13.4. The number of aromatic nitrogens is 1. The van der Waals surface area contributed by atoms with E-state index in [1.54, 1.807) is 36.0 Å². The van der Waals surface area contributed by atoms with Crippen molar-refractivity contribution in [3.8, 4) is 0 Å².